The number of nitrogens with one attached hydrogen (secondary N) is 2. The predicted octanol–water partition coefficient (Wildman–Crippen LogP) is 5.08. The summed E-state index contributed by atoms with van der Waals surface area (Å²) in [4.78, 5) is 12.5. The first-order chi connectivity index (χ1) is 14.8. The van der Waals surface area contributed by atoms with Gasteiger partial charge in [0, 0.05) is 10.7 Å². The van der Waals surface area contributed by atoms with E-state index >= 15 is 0 Å². The summed E-state index contributed by atoms with van der Waals surface area (Å²) in [6.45, 7) is 1.74. The minimum atomic E-state index is -3.83. The molecule has 3 aromatic rings. The second kappa shape index (κ2) is 9.80. The fourth-order valence-electron chi connectivity index (χ4n) is 2.72. The first-order valence-corrected chi connectivity index (χ1v) is 11.2. The molecule has 0 aromatic heterocycles. The molecule has 1 atom stereocenters. The lowest BCUT2D eigenvalue weighted by Crippen LogP contribution is -2.32. The summed E-state index contributed by atoms with van der Waals surface area (Å²) < 4.78 is 46.8. The molecule has 162 valence electrons. The van der Waals surface area contributed by atoms with E-state index < -0.39 is 27.9 Å². The van der Waals surface area contributed by atoms with E-state index in [0.717, 1.165) is 0 Å². The van der Waals surface area contributed by atoms with E-state index in [0.29, 0.717) is 22.8 Å². The molecule has 1 amide bonds. The van der Waals surface area contributed by atoms with Crippen molar-refractivity contribution in [2.45, 2.75) is 24.3 Å². The lowest BCUT2D eigenvalue weighted by molar-refractivity contribution is -0.122. The van der Waals surface area contributed by atoms with Gasteiger partial charge in [0.25, 0.3) is 15.9 Å². The first-order valence-electron chi connectivity index (χ1n) is 9.39. The molecule has 3 aromatic carbocycles. The Balaban J connectivity index is 1.67. The Hall–Kier alpha value is -3.10. The van der Waals surface area contributed by atoms with Crippen LogP contribution in [0.15, 0.2) is 77.7 Å². The van der Waals surface area contributed by atoms with Crippen molar-refractivity contribution in [3.8, 4) is 5.75 Å². The molecule has 6 nitrogen and oxygen atoms in total. The molecule has 0 aliphatic rings. The minimum absolute atomic E-state index is 0.0140. The highest BCUT2D eigenvalue weighted by Gasteiger charge is 2.20. The normalized spacial score (nSPS) is 12.1. The van der Waals surface area contributed by atoms with Crippen molar-refractivity contribution in [2.24, 2.45) is 0 Å². The Morgan fingerprint density at radius 3 is 2.39 bits per heavy atom. The van der Waals surface area contributed by atoms with E-state index in [1.807, 2.05) is 0 Å². The van der Waals surface area contributed by atoms with E-state index in [4.69, 9.17) is 16.3 Å². The topological polar surface area (TPSA) is 84.5 Å². The van der Waals surface area contributed by atoms with Crippen molar-refractivity contribution >= 4 is 38.9 Å². The van der Waals surface area contributed by atoms with Crippen LogP contribution < -0.4 is 14.8 Å². The zero-order valence-corrected chi connectivity index (χ0v) is 18.1. The Labute approximate surface area is 185 Å². The Bertz CT molecular complexity index is 1170. The molecule has 0 unspecified atom stereocenters. The Morgan fingerprint density at radius 1 is 1.03 bits per heavy atom. The number of amides is 1. The van der Waals surface area contributed by atoms with Gasteiger partial charge in [-0.15, -0.1) is 0 Å². The Morgan fingerprint density at radius 2 is 1.74 bits per heavy atom. The molecule has 0 fully saturated rings. The summed E-state index contributed by atoms with van der Waals surface area (Å²) in [5.41, 5.74) is 0.711. The first kappa shape index (κ1) is 22.6. The van der Waals surface area contributed by atoms with Gasteiger partial charge in [0.05, 0.1) is 10.6 Å². The van der Waals surface area contributed by atoms with Crippen molar-refractivity contribution in [1.82, 2.24) is 0 Å². The number of hydrogen-bond donors (Lipinski definition) is 2. The molecule has 0 spiro atoms. The monoisotopic (exact) mass is 462 g/mol. The van der Waals surface area contributed by atoms with Gasteiger partial charge in [-0.25, -0.2) is 12.8 Å². The van der Waals surface area contributed by atoms with Crippen molar-refractivity contribution < 1.29 is 22.3 Å². The maximum Gasteiger partial charge on any atom is 0.265 e. The van der Waals surface area contributed by atoms with Crippen LogP contribution in [0.1, 0.15) is 13.3 Å². The highest BCUT2D eigenvalue weighted by Crippen LogP contribution is 2.22. The van der Waals surface area contributed by atoms with Gasteiger partial charge < -0.3 is 10.1 Å². The quantitative estimate of drug-likeness (QED) is 0.489. The number of carbonyl (C=O) groups is 1. The molecule has 0 saturated heterocycles. The van der Waals surface area contributed by atoms with Crippen LogP contribution in [-0.4, -0.2) is 20.4 Å². The van der Waals surface area contributed by atoms with Gasteiger partial charge in [0.1, 0.15) is 0 Å². The van der Waals surface area contributed by atoms with E-state index in [1.54, 1.807) is 31.2 Å². The number of anilines is 2. The van der Waals surface area contributed by atoms with E-state index in [-0.39, 0.29) is 10.6 Å². The highest BCUT2D eigenvalue weighted by atomic mass is 35.5. The van der Waals surface area contributed by atoms with Gasteiger partial charge >= 0.3 is 0 Å². The molecule has 9 heteroatoms. The third-order valence-electron chi connectivity index (χ3n) is 4.28. The Kier molecular flexibility index (Phi) is 7.14. The summed E-state index contributed by atoms with van der Waals surface area (Å²) in [5.74, 6) is -1.05. The smallest absolute Gasteiger partial charge is 0.265 e. The van der Waals surface area contributed by atoms with Crippen LogP contribution >= 0.6 is 11.6 Å². The van der Waals surface area contributed by atoms with Crippen LogP contribution in [0.3, 0.4) is 0 Å². The number of sulfonamides is 1. The zero-order chi connectivity index (χ0) is 22.4. The summed E-state index contributed by atoms with van der Waals surface area (Å²) in [6.07, 6.45) is -0.597. The van der Waals surface area contributed by atoms with Crippen molar-refractivity contribution in [3.63, 3.8) is 0 Å². The van der Waals surface area contributed by atoms with Crippen molar-refractivity contribution in [1.29, 1.82) is 0 Å². The van der Waals surface area contributed by atoms with Crippen LogP contribution in [0, 0.1) is 5.82 Å². The lowest BCUT2D eigenvalue weighted by atomic mass is 10.2. The molecule has 0 heterocycles. The zero-order valence-electron chi connectivity index (χ0n) is 16.5. The maximum atomic E-state index is 13.8. The van der Waals surface area contributed by atoms with Gasteiger partial charge in [0.2, 0.25) is 0 Å². The molecular formula is C22H20ClFN2O4S. The van der Waals surface area contributed by atoms with E-state index in [9.17, 15) is 17.6 Å². The summed E-state index contributed by atoms with van der Waals surface area (Å²) >= 11 is 5.88. The second-order valence-corrected chi connectivity index (χ2v) is 8.69. The number of halogens is 2. The minimum Gasteiger partial charge on any atom is -0.478 e. The van der Waals surface area contributed by atoms with Crippen molar-refractivity contribution in [2.75, 3.05) is 10.0 Å². The third-order valence-corrected chi connectivity index (χ3v) is 5.91. The molecule has 0 aliphatic carbocycles. The predicted molar refractivity (Wildman–Crippen MR) is 118 cm³/mol. The molecule has 3 rings (SSSR count). The summed E-state index contributed by atoms with van der Waals surface area (Å²) in [7, 11) is -3.83. The largest absolute Gasteiger partial charge is 0.478 e. The maximum absolute atomic E-state index is 13.8. The molecule has 0 radical (unpaired) electrons. The molecule has 0 saturated carbocycles. The SMILES string of the molecule is CC[C@H](Oc1ccccc1F)C(=O)Nc1ccc(S(=O)(=O)Nc2cccc(Cl)c2)cc1. The number of rotatable bonds is 8. The van der Waals surface area contributed by atoms with Gasteiger partial charge in [-0.05, 0) is 61.0 Å². The van der Waals surface area contributed by atoms with Crippen molar-refractivity contribution in [3.05, 3.63) is 83.6 Å². The number of benzene rings is 3. The van der Waals surface area contributed by atoms with Gasteiger partial charge in [-0.1, -0.05) is 36.7 Å². The number of ether oxygens (including phenoxy) is 1. The second-order valence-electron chi connectivity index (χ2n) is 6.57. The van der Waals surface area contributed by atoms with Crippen LogP contribution in [0.5, 0.6) is 5.75 Å². The third kappa shape index (κ3) is 5.96. The summed E-state index contributed by atoms with van der Waals surface area (Å²) in [6, 6.07) is 17.8. The van der Waals surface area contributed by atoms with Crippen LogP contribution in [0.2, 0.25) is 5.02 Å². The van der Waals surface area contributed by atoms with Gasteiger partial charge in [-0.2, -0.15) is 0 Å². The molecule has 0 bridgehead atoms. The van der Waals surface area contributed by atoms with Crippen LogP contribution in [-0.2, 0) is 14.8 Å². The fraction of sp³-hybridized carbons (Fsp3) is 0.136. The fourth-order valence-corrected chi connectivity index (χ4v) is 3.96. The number of para-hydroxylation sites is 1. The highest BCUT2D eigenvalue weighted by molar-refractivity contribution is 7.92. The van der Waals surface area contributed by atoms with Gasteiger partial charge in [0.15, 0.2) is 17.7 Å². The average Bonchev–Trinajstić information content (AvgIpc) is 2.73. The molecule has 0 aliphatic heterocycles. The molecule has 31 heavy (non-hydrogen) atoms. The molecule has 2 N–H and O–H groups in total. The lowest BCUT2D eigenvalue weighted by Gasteiger charge is -2.17. The van der Waals surface area contributed by atoms with E-state index in [2.05, 4.69) is 10.0 Å². The molecular weight excluding hydrogens is 443 g/mol. The standard InChI is InChI=1S/C22H20ClFN2O4S/c1-2-20(30-21-9-4-3-8-19(21)24)22(27)25-16-10-12-18(13-11-16)31(28,29)26-17-7-5-6-15(23)14-17/h3-14,20,26H,2H2,1H3,(H,25,27)/t20-/m0/s1. The average molecular weight is 463 g/mol. The van der Waals surface area contributed by atoms with E-state index in [1.165, 1.54) is 48.5 Å². The van der Waals surface area contributed by atoms with Gasteiger partial charge in [-0.3, -0.25) is 9.52 Å². The number of hydrogen-bond acceptors (Lipinski definition) is 4. The summed E-state index contributed by atoms with van der Waals surface area (Å²) in [5, 5.41) is 3.05. The van der Waals surface area contributed by atoms with Crippen LogP contribution in [0.4, 0.5) is 15.8 Å². The van der Waals surface area contributed by atoms with Crippen LogP contribution in [0.25, 0.3) is 0 Å². The number of carbonyl (C=O) groups excluding carboxylic acids is 1.